The van der Waals surface area contributed by atoms with Crippen molar-refractivity contribution in [3.63, 3.8) is 0 Å². The number of hydrogen-bond acceptors (Lipinski definition) is 6. The molecule has 0 heterocycles. The summed E-state index contributed by atoms with van der Waals surface area (Å²) in [6.07, 6.45) is 20.2. The van der Waals surface area contributed by atoms with Crippen LogP contribution in [0.1, 0.15) is 103 Å². The largest absolute Gasteiger partial charge is 0.399 e. The Morgan fingerprint density at radius 3 is 2.06 bits per heavy atom. The molecule has 0 spiro atoms. The summed E-state index contributed by atoms with van der Waals surface area (Å²) in [5.74, 6) is -0.0461. The first-order chi connectivity index (χ1) is 14.9. The Labute approximate surface area is 190 Å². The Morgan fingerprint density at radius 1 is 0.935 bits per heavy atom. The average molecular weight is 464 g/mol. The van der Waals surface area contributed by atoms with E-state index in [1.807, 2.05) is 0 Å². The van der Waals surface area contributed by atoms with Crippen LogP contribution in [0.25, 0.3) is 0 Å². The van der Waals surface area contributed by atoms with E-state index in [1.54, 1.807) is 0 Å². The second-order valence-corrected chi connectivity index (χ2v) is 9.37. The van der Waals surface area contributed by atoms with E-state index in [-0.39, 0.29) is 25.5 Å². The van der Waals surface area contributed by atoms with Crippen molar-refractivity contribution in [3.8, 4) is 0 Å². The molecule has 0 aromatic heterocycles. The van der Waals surface area contributed by atoms with Crippen molar-refractivity contribution in [2.45, 2.75) is 109 Å². The van der Waals surface area contributed by atoms with E-state index in [4.69, 9.17) is 0 Å². The van der Waals surface area contributed by atoms with Gasteiger partial charge >= 0.3 is 10.4 Å². The third-order valence-corrected chi connectivity index (χ3v) is 5.91. The molecular weight excluding hydrogens is 418 g/mol. The standard InChI is InChI=1S/C23H45NO6S/c1-3-4-5-6-7-8-9-10-11-12-13-14-15-16-17-18-23(26)24-20-19-22(25)21-30-31(27,28)29-2/h10-11,22,25H,3-9,12-21H2,1-2H3,(H,24,26)/b11-10-. The van der Waals surface area contributed by atoms with Crippen LogP contribution in [0, 0.1) is 0 Å². The molecule has 0 fully saturated rings. The number of aliphatic hydroxyl groups excluding tert-OH is 1. The third kappa shape index (κ3) is 22.0. The van der Waals surface area contributed by atoms with Crippen LogP contribution in [0.4, 0.5) is 0 Å². The topological polar surface area (TPSA) is 102 Å². The molecule has 0 bridgehead atoms. The molecule has 2 N–H and O–H groups in total. The van der Waals surface area contributed by atoms with Gasteiger partial charge in [-0.25, -0.2) is 4.18 Å². The first kappa shape index (κ1) is 30.0. The summed E-state index contributed by atoms with van der Waals surface area (Å²) < 4.78 is 30.5. The Morgan fingerprint density at radius 2 is 1.48 bits per heavy atom. The smallest absolute Gasteiger partial charge is 0.391 e. The quantitative estimate of drug-likeness (QED) is 0.177. The SMILES string of the molecule is CCCCCCCC/C=C\CCCCCCCC(=O)NCCC(O)COS(=O)(=O)OC. The maximum absolute atomic E-state index is 11.8. The molecule has 0 aliphatic carbocycles. The van der Waals surface area contributed by atoms with Crippen molar-refractivity contribution in [1.29, 1.82) is 0 Å². The molecule has 0 aliphatic heterocycles. The summed E-state index contributed by atoms with van der Waals surface area (Å²) >= 11 is 0. The maximum Gasteiger partial charge on any atom is 0.399 e. The summed E-state index contributed by atoms with van der Waals surface area (Å²) in [4.78, 5) is 11.8. The third-order valence-electron chi connectivity index (χ3n) is 5.07. The van der Waals surface area contributed by atoms with Gasteiger partial charge in [0.15, 0.2) is 0 Å². The summed E-state index contributed by atoms with van der Waals surface area (Å²) in [5, 5.41) is 12.4. The number of allylic oxidation sites excluding steroid dienone is 2. The van der Waals surface area contributed by atoms with Gasteiger partial charge < -0.3 is 10.4 Å². The lowest BCUT2D eigenvalue weighted by molar-refractivity contribution is -0.121. The molecule has 0 saturated heterocycles. The Bertz CT molecular complexity index is 550. The van der Waals surface area contributed by atoms with E-state index in [0.29, 0.717) is 6.42 Å². The second kappa shape index (κ2) is 20.9. The van der Waals surface area contributed by atoms with E-state index in [2.05, 4.69) is 32.8 Å². The highest BCUT2D eigenvalue weighted by molar-refractivity contribution is 7.81. The zero-order valence-electron chi connectivity index (χ0n) is 19.6. The number of carbonyl (C=O) groups excluding carboxylic acids is 1. The van der Waals surface area contributed by atoms with Gasteiger partial charge in [0.05, 0.1) is 19.8 Å². The lowest BCUT2D eigenvalue weighted by Gasteiger charge is -2.11. The van der Waals surface area contributed by atoms with E-state index in [0.717, 1.165) is 32.8 Å². The fourth-order valence-corrected chi connectivity index (χ4v) is 3.54. The fraction of sp³-hybridized carbons (Fsp3) is 0.870. The number of nitrogens with one attached hydrogen (secondary N) is 1. The minimum atomic E-state index is -4.04. The number of amides is 1. The van der Waals surface area contributed by atoms with Crippen molar-refractivity contribution in [2.75, 3.05) is 20.3 Å². The maximum atomic E-state index is 11.8. The van der Waals surface area contributed by atoms with Crippen molar-refractivity contribution < 1.29 is 26.7 Å². The van der Waals surface area contributed by atoms with Gasteiger partial charge in [0, 0.05) is 13.0 Å². The number of unbranched alkanes of at least 4 members (excludes halogenated alkanes) is 11. The van der Waals surface area contributed by atoms with Crippen LogP contribution in [-0.2, 0) is 23.6 Å². The zero-order chi connectivity index (χ0) is 23.2. The first-order valence-corrected chi connectivity index (χ1v) is 13.3. The first-order valence-electron chi connectivity index (χ1n) is 12.0. The summed E-state index contributed by atoms with van der Waals surface area (Å²) in [5.41, 5.74) is 0. The van der Waals surface area contributed by atoms with E-state index in [1.165, 1.54) is 57.8 Å². The number of carbonyl (C=O) groups is 1. The van der Waals surface area contributed by atoms with Gasteiger partial charge in [0.25, 0.3) is 0 Å². The monoisotopic (exact) mass is 463 g/mol. The van der Waals surface area contributed by atoms with Gasteiger partial charge in [0.2, 0.25) is 5.91 Å². The minimum Gasteiger partial charge on any atom is -0.391 e. The lowest BCUT2D eigenvalue weighted by Crippen LogP contribution is -2.29. The van der Waals surface area contributed by atoms with Crippen molar-refractivity contribution in [2.24, 2.45) is 0 Å². The molecule has 0 aromatic carbocycles. The number of aliphatic hydroxyl groups is 1. The predicted octanol–water partition coefficient (Wildman–Crippen LogP) is 4.80. The molecular formula is C23H45NO6S. The van der Waals surface area contributed by atoms with Crippen LogP contribution < -0.4 is 5.32 Å². The highest BCUT2D eigenvalue weighted by atomic mass is 32.3. The zero-order valence-corrected chi connectivity index (χ0v) is 20.5. The van der Waals surface area contributed by atoms with Gasteiger partial charge in [-0.05, 0) is 38.5 Å². The van der Waals surface area contributed by atoms with Crippen LogP contribution in [0.2, 0.25) is 0 Å². The molecule has 0 saturated carbocycles. The van der Waals surface area contributed by atoms with Gasteiger partial charge in [-0.2, -0.15) is 8.42 Å². The van der Waals surface area contributed by atoms with Crippen LogP contribution in [0.5, 0.6) is 0 Å². The van der Waals surface area contributed by atoms with Crippen LogP contribution in [0.3, 0.4) is 0 Å². The van der Waals surface area contributed by atoms with Gasteiger partial charge in [0.1, 0.15) is 0 Å². The normalized spacial score (nSPS) is 13.0. The van der Waals surface area contributed by atoms with E-state index >= 15 is 0 Å². The van der Waals surface area contributed by atoms with Crippen LogP contribution in [0.15, 0.2) is 12.2 Å². The average Bonchev–Trinajstić information content (AvgIpc) is 2.75. The molecule has 31 heavy (non-hydrogen) atoms. The molecule has 7 nitrogen and oxygen atoms in total. The highest BCUT2D eigenvalue weighted by Crippen LogP contribution is 2.10. The number of hydrogen-bond donors (Lipinski definition) is 2. The summed E-state index contributed by atoms with van der Waals surface area (Å²) in [6.45, 7) is 2.14. The molecule has 1 amide bonds. The Kier molecular flexibility index (Phi) is 20.3. The summed E-state index contributed by atoms with van der Waals surface area (Å²) in [7, 11) is -3.06. The summed E-state index contributed by atoms with van der Waals surface area (Å²) in [6, 6.07) is 0. The molecule has 1 unspecified atom stereocenters. The fourth-order valence-electron chi connectivity index (χ4n) is 3.12. The molecule has 0 radical (unpaired) electrons. The van der Waals surface area contributed by atoms with E-state index < -0.39 is 16.5 Å². The van der Waals surface area contributed by atoms with Gasteiger partial charge in [-0.15, -0.1) is 0 Å². The van der Waals surface area contributed by atoms with Crippen LogP contribution >= 0.6 is 0 Å². The highest BCUT2D eigenvalue weighted by Gasteiger charge is 2.13. The predicted molar refractivity (Wildman–Crippen MR) is 125 cm³/mol. The second-order valence-electron chi connectivity index (χ2n) is 7.99. The van der Waals surface area contributed by atoms with Crippen LogP contribution in [-0.4, -0.2) is 45.8 Å². The minimum absolute atomic E-state index is 0.0461. The molecule has 1 atom stereocenters. The van der Waals surface area contributed by atoms with Crippen molar-refractivity contribution in [1.82, 2.24) is 5.32 Å². The molecule has 8 heteroatoms. The molecule has 0 rings (SSSR count). The van der Waals surface area contributed by atoms with Crippen molar-refractivity contribution >= 4 is 16.3 Å². The van der Waals surface area contributed by atoms with Crippen molar-refractivity contribution in [3.05, 3.63) is 12.2 Å². The molecule has 0 aromatic rings. The molecule has 0 aliphatic rings. The molecule has 184 valence electrons. The number of rotatable bonds is 22. The van der Waals surface area contributed by atoms with Gasteiger partial charge in [-0.3, -0.25) is 8.98 Å². The Balaban J connectivity index is 3.42. The van der Waals surface area contributed by atoms with Gasteiger partial charge in [-0.1, -0.05) is 70.4 Å². The Hall–Kier alpha value is -0.960. The lowest BCUT2D eigenvalue weighted by atomic mass is 10.1. The van der Waals surface area contributed by atoms with E-state index in [9.17, 15) is 18.3 Å².